The van der Waals surface area contributed by atoms with E-state index in [0.717, 1.165) is 25.7 Å². The number of rotatable bonds is 17. The van der Waals surface area contributed by atoms with Crippen molar-refractivity contribution >= 4 is 5.78 Å². The van der Waals surface area contributed by atoms with Crippen LogP contribution in [0.3, 0.4) is 0 Å². The molecule has 1 unspecified atom stereocenters. The van der Waals surface area contributed by atoms with E-state index in [-0.39, 0.29) is 6.42 Å². The molecule has 0 aromatic rings. The number of carbonyl (C=O) groups excluding carboxylic acids is 1. The molecule has 9 atom stereocenters. The Morgan fingerprint density at radius 3 is 1.70 bits per heavy atom. The summed E-state index contributed by atoms with van der Waals surface area (Å²) in [6.45, 7) is -0.554. The number of carbonyl (C=O) groups is 1. The number of unbranched alkanes of at least 4 members (excludes halogenated alkanes) is 9. The minimum Gasteiger partial charge on any atom is -0.394 e. The zero-order valence-corrected chi connectivity index (χ0v) is 21.7. The number of aliphatic hydroxyl groups excluding tert-OH is 8. The highest BCUT2D eigenvalue weighted by atomic mass is 16.8. The number of hydrogen-bond donors (Lipinski definition) is 8. The van der Waals surface area contributed by atoms with Crippen LogP contribution in [0.5, 0.6) is 0 Å². The standard InChI is InChI=1S/C25H46O12/c1-2-3-4-5-6-7-8-9-10-11-12-18(29)25(23(34)21(32)19(30)16(13-26)36-25)37-24(15-28)22(33)20(31)17(14-27)35-24/h16-17,19-23,26-28,30-34H,2-15H2,1H3/t16-,17-,19-,20-,21+,22+,23-,24?,25+/m1/s1. The van der Waals surface area contributed by atoms with Crippen LogP contribution in [-0.4, -0.2) is 121 Å². The minimum absolute atomic E-state index is 0.182. The van der Waals surface area contributed by atoms with Gasteiger partial charge >= 0.3 is 0 Å². The molecule has 0 radical (unpaired) electrons. The molecule has 0 saturated carbocycles. The maximum atomic E-state index is 13.4. The Morgan fingerprint density at radius 1 is 0.703 bits per heavy atom. The van der Waals surface area contributed by atoms with Gasteiger partial charge in [-0.15, -0.1) is 0 Å². The Bertz CT molecular complexity index is 678. The van der Waals surface area contributed by atoms with Gasteiger partial charge in [-0.2, -0.15) is 0 Å². The summed E-state index contributed by atoms with van der Waals surface area (Å²) in [6.07, 6.45) is -2.67. The summed E-state index contributed by atoms with van der Waals surface area (Å²) in [6, 6.07) is 0. The third kappa shape index (κ3) is 7.46. The molecule has 37 heavy (non-hydrogen) atoms. The molecule has 0 aromatic carbocycles. The van der Waals surface area contributed by atoms with Gasteiger partial charge in [-0.3, -0.25) is 4.79 Å². The van der Waals surface area contributed by atoms with Gasteiger partial charge in [0.25, 0.3) is 5.79 Å². The lowest BCUT2D eigenvalue weighted by Gasteiger charge is -2.50. The van der Waals surface area contributed by atoms with Crippen LogP contribution in [0.15, 0.2) is 0 Å². The van der Waals surface area contributed by atoms with Crippen LogP contribution in [0, 0.1) is 0 Å². The van der Waals surface area contributed by atoms with Crippen molar-refractivity contribution in [3.63, 3.8) is 0 Å². The van der Waals surface area contributed by atoms with Crippen LogP contribution in [0.2, 0.25) is 0 Å². The molecule has 0 bridgehead atoms. The van der Waals surface area contributed by atoms with Crippen molar-refractivity contribution in [3.8, 4) is 0 Å². The van der Waals surface area contributed by atoms with Crippen molar-refractivity contribution in [3.05, 3.63) is 0 Å². The first-order chi connectivity index (χ1) is 17.6. The summed E-state index contributed by atoms with van der Waals surface area (Å²) in [5, 5.41) is 81.3. The van der Waals surface area contributed by atoms with Gasteiger partial charge in [0.15, 0.2) is 5.78 Å². The van der Waals surface area contributed by atoms with Gasteiger partial charge in [0.1, 0.15) is 49.3 Å². The van der Waals surface area contributed by atoms with E-state index in [1.807, 2.05) is 0 Å². The minimum atomic E-state index is -2.75. The van der Waals surface area contributed by atoms with E-state index in [4.69, 9.17) is 14.2 Å². The average Bonchev–Trinajstić information content (AvgIpc) is 3.14. The lowest BCUT2D eigenvalue weighted by Crippen LogP contribution is -2.72. The second-order valence-corrected chi connectivity index (χ2v) is 10.1. The Hall–Kier alpha value is -0.770. The largest absolute Gasteiger partial charge is 0.394 e. The van der Waals surface area contributed by atoms with Gasteiger partial charge in [-0.25, -0.2) is 0 Å². The SMILES string of the molecule is CCCCCCCCCCCCC(=O)[C@@]1(OC2(CO)O[C@H](CO)[C@@H](O)[C@@H]2O)O[C@H](CO)[C@@H](O)[C@H](O)[C@H]1O. The van der Waals surface area contributed by atoms with Crippen LogP contribution in [-0.2, 0) is 19.0 Å². The molecule has 12 heteroatoms. The molecule has 0 amide bonds. The highest BCUT2D eigenvalue weighted by Gasteiger charge is 2.65. The fraction of sp³-hybridized carbons (Fsp3) is 0.960. The molecule has 218 valence electrons. The van der Waals surface area contributed by atoms with E-state index in [2.05, 4.69) is 6.92 Å². The quantitative estimate of drug-likeness (QED) is 0.103. The van der Waals surface area contributed by atoms with Crippen molar-refractivity contribution in [2.75, 3.05) is 19.8 Å². The number of aliphatic hydroxyl groups is 8. The van der Waals surface area contributed by atoms with Crippen molar-refractivity contribution in [1.29, 1.82) is 0 Å². The molecule has 2 saturated heterocycles. The third-order valence-corrected chi connectivity index (χ3v) is 7.33. The normalized spacial score (nSPS) is 38.2. The van der Waals surface area contributed by atoms with E-state index >= 15 is 0 Å². The molecule has 0 aliphatic carbocycles. The van der Waals surface area contributed by atoms with Crippen molar-refractivity contribution < 1.29 is 59.9 Å². The van der Waals surface area contributed by atoms with E-state index in [9.17, 15) is 45.6 Å². The molecule has 2 aliphatic rings. The van der Waals surface area contributed by atoms with E-state index in [1.165, 1.54) is 25.7 Å². The van der Waals surface area contributed by atoms with Crippen molar-refractivity contribution in [2.24, 2.45) is 0 Å². The van der Waals surface area contributed by atoms with Crippen molar-refractivity contribution in [1.82, 2.24) is 0 Å². The number of ketones is 1. The van der Waals surface area contributed by atoms with E-state index in [0.29, 0.717) is 12.8 Å². The Kier molecular flexibility index (Phi) is 13.3. The highest BCUT2D eigenvalue weighted by Crippen LogP contribution is 2.42. The Labute approximate surface area is 217 Å². The van der Waals surface area contributed by atoms with Gasteiger partial charge in [0.05, 0.1) is 13.2 Å². The van der Waals surface area contributed by atoms with Gasteiger partial charge < -0.3 is 55.1 Å². The predicted octanol–water partition coefficient (Wildman–Crippen LogP) is -1.15. The first-order valence-corrected chi connectivity index (χ1v) is 13.5. The van der Waals surface area contributed by atoms with E-state index in [1.54, 1.807) is 0 Å². The fourth-order valence-corrected chi connectivity index (χ4v) is 4.97. The number of hydrogen-bond acceptors (Lipinski definition) is 12. The van der Waals surface area contributed by atoms with Crippen LogP contribution >= 0.6 is 0 Å². The average molecular weight is 539 g/mol. The molecule has 2 heterocycles. The summed E-state index contributed by atoms with van der Waals surface area (Å²) in [7, 11) is 0. The fourth-order valence-electron chi connectivity index (χ4n) is 4.97. The highest BCUT2D eigenvalue weighted by molar-refractivity contribution is 5.87. The summed E-state index contributed by atoms with van der Waals surface area (Å²) < 4.78 is 16.6. The molecule has 0 spiro atoms. The van der Waals surface area contributed by atoms with Crippen molar-refractivity contribution in [2.45, 2.75) is 132 Å². The van der Waals surface area contributed by atoms with Gasteiger partial charge in [0, 0.05) is 6.42 Å². The van der Waals surface area contributed by atoms with Crippen LogP contribution in [0.25, 0.3) is 0 Å². The van der Waals surface area contributed by atoms with Crippen LogP contribution < -0.4 is 0 Å². The predicted molar refractivity (Wildman–Crippen MR) is 129 cm³/mol. The molecule has 0 aromatic heterocycles. The summed E-state index contributed by atoms with van der Waals surface area (Å²) >= 11 is 0. The monoisotopic (exact) mass is 538 g/mol. The third-order valence-electron chi connectivity index (χ3n) is 7.33. The maximum Gasteiger partial charge on any atom is 0.261 e. The van der Waals surface area contributed by atoms with Gasteiger partial charge in [0.2, 0.25) is 5.79 Å². The van der Waals surface area contributed by atoms with Crippen LogP contribution in [0.1, 0.15) is 77.6 Å². The molecule has 2 aliphatic heterocycles. The molecular formula is C25H46O12. The molecule has 8 N–H and O–H groups in total. The van der Waals surface area contributed by atoms with Gasteiger partial charge in [-0.1, -0.05) is 64.7 Å². The number of Topliss-reactive ketones (excluding diaryl/α,β-unsaturated/α-hetero) is 1. The molecule has 12 nitrogen and oxygen atoms in total. The number of ether oxygens (including phenoxy) is 3. The van der Waals surface area contributed by atoms with Gasteiger partial charge in [-0.05, 0) is 6.42 Å². The second kappa shape index (κ2) is 15.1. The lowest BCUT2D eigenvalue weighted by atomic mass is 9.87. The smallest absolute Gasteiger partial charge is 0.261 e. The second-order valence-electron chi connectivity index (χ2n) is 10.1. The molecule has 2 fully saturated rings. The van der Waals surface area contributed by atoms with E-state index < -0.39 is 79.9 Å². The summed E-state index contributed by atoms with van der Waals surface area (Å²) in [5.74, 6) is -6.13. The topological polar surface area (TPSA) is 207 Å². The summed E-state index contributed by atoms with van der Waals surface area (Å²) in [4.78, 5) is 13.4. The zero-order valence-electron chi connectivity index (χ0n) is 21.7. The maximum absolute atomic E-state index is 13.4. The lowest BCUT2D eigenvalue weighted by molar-refractivity contribution is -0.416. The first-order valence-electron chi connectivity index (χ1n) is 13.5. The summed E-state index contributed by atoms with van der Waals surface area (Å²) in [5.41, 5.74) is 0. The molecular weight excluding hydrogens is 492 g/mol. The molecule has 2 rings (SSSR count). The Morgan fingerprint density at radius 2 is 1.22 bits per heavy atom. The zero-order chi connectivity index (χ0) is 27.6. The Balaban J connectivity index is 2.12. The first kappa shape index (κ1) is 32.4. The van der Waals surface area contributed by atoms with Crippen LogP contribution in [0.4, 0.5) is 0 Å².